The quantitative estimate of drug-likeness (QED) is 0.778. The molecule has 1 aromatic carbocycles. The van der Waals surface area contributed by atoms with Gasteiger partial charge in [-0.1, -0.05) is 35.5 Å². The molecule has 1 aromatic heterocycles. The fraction of sp³-hybridized carbons (Fsp3) is 0.385. The van der Waals surface area contributed by atoms with Crippen LogP contribution in [-0.4, -0.2) is 26.4 Å². The summed E-state index contributed by atoms with van der Waals surface area (Å²) >= 11 is 0. The van der Waals surface area contributed by atoms with Gasteiger partial charge in [-0.25, -0.2) is 0 Å². The Bertz CT molecular complexity index is 503. The zero-order valence-electron chi connectivity index (χ0n) is 10.0. The van der Waals surface area contributed by atoms with Crippen molar-refractivity contribution < 1.29 is 0 Å². The minimum absolute atomic E-state index is 0.915. The molecule has 88 valence electrons. The van der Waals surface area contributed by atoms with E-state index in [4.69, 9.17) is 0 Å². The third kappa shape index (κ3) is 2.08. The standard InChI is InChI=1S/C13H16N4/c1-16-13-7-8-17(10-12(13)14-15-16)9-11-5-3-2-4-6-11/h2-6H,7-10H2,1H3. The van der Waals surface area contributed by atoms with E-state index in [0.29, 0.717) is 0 Å². The first kappa shape index (κ1) is 10.5. The van der Waals surface area contributed by atoms with Gasteiger partial charge < -0.3 is 0 Å². The predicted octanol–water partition coefficient (Wildman–Crippen LogP) is 1.37. The lowest BCUT2D eigenvalue weighted by Crippen LogP contribution is -2.30. The molecule has 0 atom stereocenters. The number of aromatic nitrogens is 3. The first-order chi connectivity index (χ1) is 8.33. The number of fused-ring (bicyclic) bond motifs is 1. The summed E-state index contributed by atoms with van der Waals surface area (Å²) in [5.41, 5.74) is 3.78. The second kappa shape index (κ2) is 4.30. The Morgan fingerprint density at radius 3 is 2.88 bits per heavy atom. The fourth-order valence-electron chi connectivity index (χ4n) is 2.38. The maximum absolute atomic E-state index is 4.22. The lowest BCUT2D eigenvalue weighted by Gasteiger charge is -2.25. The van der Waals surface area contributed by atoms with E-state index in [2.05, 4.69) is 45.5 Å². The second-order valence-corrected chi connectivity index (χ2v) is 4.55. The minimum Gasteiger partial charge on any atom is -0.293 e. The number of rotatable bonds is 2. The van der Waals surface area contributed by atoms with E-state index in [0.717, 1.165) is 31.7 Å². The van der Waals surface area contributed by atoms with Crippen LogP contribution >= 0.6 is 0 Å². The zero-order chi connectivity index (χ0) is 11.7. The van der Waals surface area contributed by atoms with E-state index in [9.17, 15) is 0 Å². The van der Waals surface area contributed by atoms with Crippen LogP contribution in [0, 0.1) is 0 Å². The number of benzene rings is 1. The molecule has 0 spiro atoms. The third-order valence-corrected chi connectivity index (χ3v) is 3.31. The van der Waals surface area contributed by atoms with Crippen molar-refractivity contribution in [2.45, 2.75) is 19.5 Å². The van der Waals surface area contributed by atoms with Crippen molar-refractivity contribution in [3.05, 3.63) is 47.3 Å². The first-order valence-corrected chi connectivity index (χ1v) is 5.96. The monoisotopic (exact) mass is 228 g/mol. The topological polar surface area (TPSA) is 34.0 Å². The number of nitrogens with zero attached hydrogens (tertiary/aromatic N) is 4. The smallest absolute Gasteiger partial charge is 0.0999 e. The average molecular weight is 228 g/mol. The molecule has 1 aliphatic heterocycles. The highest BCUT2D eigenvalue weighted by Gasteiger charge is 2.20. The van der Waals surface area contributed by atoms with Gasteiger partial charge >= 0.3 is 0 Å². The summed E-state index contributed by atoms with van der Waals surface area (Å²) in [6.07, 6.45) is 1.05. The first-order valence-electron chi connectivity index (χ1n) is 5.96. The van der Waals surface area contributed by atoms with Crippen LogP contribution in [0.3, 0.4) is 0 Å². The predicted molar refractivity (Wildman–Crippen MR) is 65.3 cm³/mol. The molecular formula is C13H16N4. The van der Waals surface area contributed by atoms with E-state index in [1.165, 1.54) is 11.3 Å². The van der Waals surface area contributed by atoms with Gasteiger partial charge in [0.05, 0.1) is 11.4 Å². The molecule has 4 heteroatoms. The van der Waals surface area contributed by atoms with Gasteiger partial charge in [-0.05, 0) is 5.56 Å². The molecular weight excluding hydrogens is 212 g/mol. The summed E-state index contributed by atoms with van der Waals surface area (Å²) in [5.74, 6) is 0. The molecule has 0 fully saturated rings. The van der Waals surface area contributed by atoms with Crippen LogP contribution in [-0.2, 0) is 26.6 Å². The van der Waals surface area contributed by atoms with E-state index in [1.807, 2.05) is 11.7 Å². The Labute approximate surface area is 101 Å². The maximum atomic E-state index is 4.22. The van der Waals surface area contributed by atoms with Crippen molar-refractivity contribution in [3.63, 3.8) is 0 Å². The van der Waals surface area contributed by atoms with Crippen molar-refractivity contribution in [1.82, 2.24) is 19.9 Å². The highest BCUT2D eigenvalue weighted by molar-refractivity contribution is 5.17. The molecule has 0 unspecified atom stereocenters. The minimum atomic E-state index is 0.915. The van der Waals surface area contributed by atoms with E-state index in [1.54, 1.807) is 0 Å². The normalized spacial score (nSPS) is 15.8. The second-order valence-electron chi connectivity index (χ2n) is 4.55. The molecule has 4 nitrogen and oxygen atoms in total. The van der Waals surface area contributed by atoms with Crippen LogP contribution in [0.1, 0.15) is 17.0 Å². The van der Waals surface area contributed by atoms with Crippen molar-refractivity contribution in [1.29, 1.82) is 0 Å². The Morgan fingerprint density at radius 1 is 1.24 bits per heavy atom. The molecule has 2 aromatic rings. The van der Waals surface area contributed by atoms with Gasteiger partial charge in [0.2, 0.25) is 0 Å². The zero-order valence-corrected chi connectivity index (χ0v) is 10.0. The van der Waals surface area contributed by atoms with Crippen LogP contribution in [0.25, 0.3) is 0 Å². The van der Waals surface area contributed by atoms with Crippen molar-refractivity contribution in [2.24, 2.45) is 7.05 Å². The summed E-state index contributed by atoms with van der Waals surface area (Å²) < 4.78 is 1.90. The Hall–Kier alpha value is -1.68. The average Bonchev–Trinajstić information content (AvgIpc) is 2.72. The molecule has 0 amide bonds. The molecule has 0 radical (unpaired) electrons. The summed E-state index contributed by atoms with van der Waals surface area (Å²) in [4.78, 5) is 2.42. The maximum Gasteiger partial charge on any atom is 0.0999 e. The van der Waals surface area contributed by atoms with Crippen LogP contribution in [0.15, 0.2) is 30.3 Å². The highest BCUT2D eigenvalue weighted by atomic mass is 15.4. The van der Waals surface area contributed by atoms with Crippen molar-refractivity contribution in [2.75, 3.05) is 6.54 Å². The number of aryl methyl sites for hydroxylation is 1. The van der Waals surface area contributed by atoms with Gasteiger partial charge in [0, 0.05) is 33.1 Å². The Balaban J connectivity index is 1.72. The number of hydrogen-bond donors (Lipinski definition) is 0. The molecule has 0 bridgehead atoms. The molecule has 2 heterocycles. The molecule has 17 heavy (non-hydrogen) atoms. The van der Waals surface area contributed by atoms with E-state index >= 15 is 0 Å². The van der Waals surface area contributed by atoms with Gasteiger partial charge in [0.1, 0.15) is 0 Å². The van der Waals surface area contributed by atoms with Gasteiger partial charge in [0.15, 0.2) is 0 Å². The Morgan fingerprint density at radius 2 is 2.06 bits per heavy atom. The van der Waals surface area contributed by atoms with Crippen LogP contribution in [0.4, 0.5) is 0 Å². The largest absolute Gasteiger partial charge is 0.293 e. The lowest BCUT2D eigenvalue weighted by molar-refractivity contribution is 0.240. The van der Waals surface area contributed by atoms with Gasteiger partial charge in [-0.3, -0.25) is 9.58 Å². The van der Waals surface area contributed by atoms with E-state index < -0.39 is 0 Å². The van der Waals surface area contributed by atoms with E-state index in [-0.39, 0.29) is 0 Å². The molecule has 1 aliphatic rings. The lowest BCUT2D eigenvalue weighted by atomic mass is 10.1. The summed E-state index contributed by atoms with van der Waals surface area (Å²) in [5, 5.41) is 8.30. The SMILES string of the molecule is Cn1nnc2c1CCN(Cc1ccccc1)C2. The summed E-state index contributed by atoms with van der Waals surface area (Å²) in [6, 6.07) is 10.6. The molecule has 3 rings (SSSR count). The number of hydrogen-bond acceptors (Lipinski definition) is 3. The third-order valence-electron chi connectivity index (χ3n) is 3.31. The van der Waals surface area contributed by atoms with Crippen LogP contribution in [0.2, 0.25) is 0 Å². The summed E-state index contributed by atoms with van der Waals surface area (Å²) in [6.45, 7) is 3.00. The highest BCUT2D eigenvalue weighted by Crippen LogP contribution is 2.17. The van der Waals surface area contributed by atoms with Crippen LogP contribution < -0.4 is 0 Å². The molecule has 0 aliphatic carbocycles. The molecule has 0 N–H and O–H groups in total. The van der Waals surface area contributed by atoms with Crippen LogP contribution in [0.5, 0.6) is 0 Å². The Kier molecular flexibility index (Phi) is 2.65. The van der Waals surface area contributed by atoms with Gasteiger partial charge in [0.25, 0.3) is 0 Å². The van der Waals surface area contributed by atoms with Gasteiger partial charge in [-0.2, -0.15) is 0 Å². The van der Waals surface area contributed by atoms with Crippen molar-refractivity contribution in [3.8, 4) is 0 Å². The van der Waals surface area contributed by atoms with Crippen molar-refractivity contribution >= 4 is 0 Å². The summed E-state index contributed by atoms with van der Waals surface area (Å²) in [7, 11) is 1.97. The fourth-order valence-corrected chi connectivity index (χ4v) is 2.38. The molecule has 0 saturated carbocycles. The molecule has 0 saturated heterocycles. The van der Waals surface area contributed by atoms with Gasteiger partial charge in [-0.15, -0.1) is 5.10 Å².